The van der Waals surface area contributed by atoms with Gasteiger partial charge in [-0.1, -0.05) is 49.7 Å². The summed E-state index contributed by atoms with van der Waals surface area (Å²) >= 11 is 6.22. The number of rotatable bonds is 6. The number of aliphatic hydroxyl groups is 1. The van der Waals surface area contributed by atoms with Gasteiger partial charge in [-0.3, -0.25) is 0 Å². The van der Waals surface area contributed by atoms with E-state index in [1.807, 2.05) is 48.5 Å². The van der Waals surface area contributed by atoms with Gasteiger partial charge in [-0.2, -0.15) is 0 Å². The SMILES string of the molecule is CCCOc1ccc([C@@](O)(c2cccc(Cl)c2)C2(C)CN(C)C2)cc1. The van der Waals surface area contributed by atoms with Gasteiger partial charge in [0.2, 0.25) is 0 Å². The van der Waals surface area contributed by atoms with E-state index in [1.54, 1.807) is 0 Å². The molecule has 0 aromatic heterocycles. The smallest absolute Gasteiger partial charge is 0.122 e. The molecular weight excluding hydrogens is 334 g/mol. The number of benzene rings is 2. The summed E-state index contributed by atoms with van der Waals surface area (Å²) < 4.78 is 5.68. The number of ether oxygens (including phenoxy) is 1. The maximum atomic E-state index is 11.9. The molecule has 1 saturated heterocycles. The number of nitrogens with zero attached hydrogens (tertiary/aromatic N) is 1. The van der Waals surface area contributed by atoms with Crippen LogP contribution in [-0.2, 0) is 5.60 Å². The predicted molar refractivity (Wildman–Crippen MR) is 102 cm³/mol. The van der Waals surface area contributed by atoms with Crippen LogP contribution < -0.4 is 4.74 Å². The van der Waals surface area contributed by atoms with Gasteiger partial charge in [-0.15, -0.1) is 0 Å². The third-order valence-corrected chi connectivity index (χ3v) is 5.33. The molecule has 0 bridgehead atoms. The van der Waals surface area contributed by atoms with Crippen molar-refractivity contribution in [3.05, 3.63) is 64.7 Å². The zero-order valence-electron chi connectivity index (χ0n) is 15.1. The third kappa shape index (κ3) is 3.29. The molecule has 3 nitrogen and oxygen atoms in total. The largest absolute Gasteiger partial charge is 0.494 e. The first-order valence-corrected chi connectivity index (χ1v) is 9.17. The Hall–Kier alpha value is -1.55. The van der Waals surface area contributed by atoms with Crippen LogP contribution in [0.3, 0.4) is 0 Å². The molecule has 0 saturated carbocycles. The Morgan fingerprint density at radius 2 is 1.84 bits per heavy atom. The van der Waals surface area contributed by atoms with Gasteiger partial charge in [0, 0.05) is 23.5 Å². The van der Waals surface area contributed by atoms with Gasteiger partial charge in [0.15, 0.2) is 0 Å². The molecule has 1 fully saturated rings. The van der Waals surface area contributed by atoms with Crippen LogP contribution in [0.15, 0.2) is 48.5 Å². The van der Waals surface area contributed by atoms with Gasteiger partial charge in [0.25, 0.3) is 0 Å². The minimum absolute atomic E-state index is 0.280. The highest BCUT2D eigenvalue weighted by atomic mass is 35.5. The lowest BCUT2D eigenvalue weighted by Crippen LogP contribution is -2.63. The summed E-state index contributed by atoms with van der Waals surface area (Å²) in [6, 6.07) is 15.4. The summed E-state index contributed by atoms with van der Waals surface area (Å²) in [6.45, 7) is 6.56. The zero-order chi connectivity index (χ0) is 18.1. The monoisotopic (exact) mass is 359 g/mol. The van der Waals surface area contributed by atoms with Crippen LogP contribution in [0.1, 0.15) is 31.4 Å². The van der Waals surface area contributed by atoms with E-state index in [4.69, 9.17) is 16.3 Å². The molecule has 25 heavy (non-hydrogen) atoms. The molecule has 3 rings (SSSR count). The first kappa shape index (κ1) is 18.2. The second-order valence-electron chi connectivity index (χ2n) is 7.33. The maximum absolute atomic E-state index is 11.9. The molecule has 134 valence electrons. The number of likely N-dealkylation sites (tertiary alicyclic amines) is 1. The highest BCUT2D eigenvalue weighted by Crippen LogP contribution is 2.50. The maximum Gasteiger partial charge on any atom is 0.122 e. The average molecular weight is 360 g/mol. The molecule has 0 spiro atoms. The quantitative estimate of drug-likeness (QED) is 0.833. The van der Waals surface area contributed by atoms with Crippen LogP contribution in [0.5, 0.6) is 5.75 Å². The summed E-state index contributed by atoms with van der Waals surface area (Å²) in [6.07, 6.45) is 0.971. The van der Waals surface area contributed by atoms with Crippen molar-refractivity contribution >= 4 is 11.6 Å². The first-order valence-electron chi connectivity index (χ1n) is 8.79. The summed E-state index contributed by atoms with van der Waals surface area (Å²) in [5.74, 6) is 0.829. The Bertz CT molecular complexity index is 725. The lowest BCUT2D eigenvalue weighted by atomic mass is 9.62. The molecule has 0 aliphatic carbocycles. The number of hydrogen-bond donors (Lipinski definition) is 1. The van der Waals surface area contributed by atoms with Crippen LogP contribution in [-0.4, -0.2) is 36.8 Å². The zero-order valence-corrected chi connectivity index (χ0v) is 15.9. The molecule has 0 radical (unpaired) electrons. The van der Waals surface area contributed by atoms with Crippen molar-refractivity contribution in [1.82, 2.24) is 4.90 Å². The van der Waals surface area contributed by atoms with Crippen molar-refractivity contribution in [3.8, 4) is 5.75 Å². The van der Waals surface area contributed by atoms with Gasteiger partial charge in [0.1, 0.15) is 11.4 Å². The van der Waals surface area contributed by atoms with E-state index in [2.05, 4.69) is 25.8 Å². The van der Waals surface area contributed by atoms with E-state index in [0.29, 0.717) is 11.6 Å². The lowest BCUT2D eigenvalue weighted by molar-refractivity contribution is -0.127. The molecule has 4 heteroatoms. The van der Waals surface area contributed by atoms with Crippen molar-refractivity contribution in [3.63, 3.8) is 0 Å². The fourth-order valence-electron chi connectivity index (χ4n) is 3.96. The Labute approximate surface area is 155 Å². The Morgan fingerprint density at radius 1 is 1.16 bits per heavy atom. The van der Waals surface area contributed by atoms with E-state index < -0.39 is 5.60 Å². The van der Waals surface area contributed by atoms with Gasteiger partial charge in [0.05, 0.1) is 6.61 Å². The van der Waals surface area contributed by atoms with Crippen LogP contribution >= 0.6 is 11.6 Å². The van der Waals surface area contributed by atoms with E-state index >= 15 is 0 Å². The predicted octanol–water partition coefficient (Wildman–Crippen LogP) is 4.32. The van der Waals surface area contributed by atoms with Crippen LogP contribution in [0.2, 0.25) is 5.02 Å². The molecule has 1 atom stereocenters. The van der Waals surface area contributed by atoms with Gasteiger partial charge in [-0.05, 0) is 48.9 Å². The average Bonchev–Trinajstić information content (AvgIpc) is 2.58. The van der Waals surface area contributed by atoms with Crippen LogP contribution in [0, 0.1) is 5.41 Å². The molecule has 0 unspecified atom stereocenters. The Kier molecular flexibility index (Phi) is 5.10. The molecule has 2 aromatic rings. The Morgan fingerprint density at radius 3 is 2.40 bits per heavy atom. The lowest BCUT2D eigenvalue weighted by Gasteiger charge is -2.56. The molecule has 0 amide bonds. The summed E-state index contributed by atoms with van der Waals surface area (Å²) in [5.41, 5.74) is 0.318. The van der Waals surface area contributed by atoms with Crippen molar-refractivity contribution in [2.24, 2.45) is 5.41 Å². The summed E-state index contributed by atoms with van der Waals surface area (Å²) in [7, 11) is 2.07. The fourth-order valence-corrected chi connectivity index (χ4v) is 4.15. The highest BCUT2D eigenvalue weighted by molar-refractivity contribution is 6.30. The standard InChI is InChI=1S/C21H26ClNO2/c1-4-12-25-19-10-8-16(9-11-19)21(24,20(2)14-23(3)15-20)17-6-5-7-18(22)13-17/h5-11,13,24H,4,12,14-15H2,1-3H3/t21-/m1/s1. The highest BCUT2D eigenvalue weighted by Gasteiger charge is 2.55. The van der Waals surface area contributed by atoms with Crippen molar-refractivity contribution in [2.75, 3.05) is 26.7 Å². The van der Waals surface area contributed by atoms with Gasteiger partial charge in [-0.25, -0.2) is 0 Å². The molecule has 1 N–H and O–H groups in total. The van der Waals surface area contributed by atoms with E-state index in [1.165, 1.54) is 0 Å². The Balaban J connectivity index is 2.03. The van der Waals surface area contributed by atoms with E-state index in [0.717, 1.165) is 36.4 Å². The minimum atomic E-state index is -1.10. The topological polar surface area (TPSA) is 32.7 Å². The molecule has 1 aliphatic heterocycles. The molecule has 1 aliphatic rings. The normalized spacial score (nSPS) is 19.1. The van der Waals surface area contributed by atoms with Gasteiger partial charge >= 0.3 is 0 Å². The van der Waals surface area contributed by atoms with Crippen LogP contribution in [0.25, 0.3) is 0 Å². The van der Waals surface area contributed by atoms with E-state index in [9.17, 15) is 5.11 Å². The first-order chi connectivity index (χ1) is 11.9. The second kappa shape index (κ2) is 6.99. The number of halogens is 1. The summed E-state index contributed by atoms with van der Waals surface area (Å²) in [5, 5.41) is 12.6. The van der Waals surface area contributed by atoms with Crippen LogP contribution in [0.4, 0.5) is 0 Å². The third-order valence-electron chi connectivity index (χ3n) is 5.10. The fraction of sp³-hybridized carbons (Fsp3) is 0.429. The van der Waals surface area contributed by atoms with Crippen molar-refractivity contribution < 1.29 is 9.84 Å². The molecular formula is C21H26ClNO2. The molecule has 2 aromatic carbocycles. The second-order valence-corrected chi connectivity index (χ2v) is 7.76. The molecule has 1 heterocycles. The van der Waals surface area contributed by atoms with Crippen molar-refractivity contribution in [2.45, 2.75) is 25.9 Å². The number of hydrogen-bond acceptors (Lipinski definition) is 3. The van der Waals surface area contributed by atoms with E-state index in [-0.39, 0.29) is 5.41 Å². The minimum Gasteiger partial charge on any atom is -0.494 e. The summed E-state index contributed by atoms with van der Waals surface area (Å²) in [4.78, 5) is 2.22. The van der Waals surface area contributed by atoms with Crippen molar-refractivity contribution in [1.29, 1.82) is 0 Å². The van der Waals surface area contributed by atoms with Gasteiger partial charge < -0.3 is 14.7 Å².